The second-order valence-corrected chi connectivity index (χ2v) is 9.39. The van der Waals surface area contributed by atoms with Crippen molar-refractivity contribution in [1.29, 1.82) is 0 Å². The maximum absolute atomic E-state index is 13.1. The maximum Gasteiger partial charge on any atom is 0.295 e. The molecule has 30 heavy (non-hydrogen) atoms. The number of hydrogen-bond donors (Lipinski definition) is 1. The number of carbonyl (C=O) groups excluding carboxylic acids is 2. The van der Waals surface area contributed by atoms with Crippen molar-refractivity contribution in [3.8, 4) is 0 Å². The fourth-order valence-electron chi connectivity index (χ4n) is 4.56. The standard InChI is InChI=1S/C25H26BrNO3/c1-15(2)16-7-9-17(10-8-16)22-21(23(28)18-11-13-19(26)14-12-18)24(29)25(30)27(22)20-5-3-4-6-20/h7-15,20,22,28H,3-6H2,1-2H3/b23-21-. The summed E-state index contributed by atoms with van der Waals surface area (Å²) in [6, 6.07) is 14.7. The highest BCUT2D eigenvalue weighted by Crippen LogP contribution is 2.43. The molecule has 0 spiro atoms. The summed E-state index contributed by atoms with van der Waals surface area (Å²) in [6.45, 7) is 4.26. The summed E-state index contributed by atoms with van der Waals surface area (Å²) in [5.74, 6) is -0.818. The minimum absolute atomic E-state index is 0.0337. The van der Waals surface area contributed by atoms with Gasteiger partial charge < -0.3 is 10.0 Å². The molecule has 2 aromatic carbocycles. The highest BCUT2D eigenvalue weighted by atomic mass is 79.9. The Morgan fingerprint density at radius 2 is 1.60 bits per heavy atom. The van der Waals surface area contributed by atoms with E-state index >= 15 is 0 Å². The Labute approximate surface area is 185 Å². The zero-order valence-electron chi connectivity index (χ0n) is 17.3. The first kappa shape index (κ1) is 20.9. The lowest BCUT2D eigenvalue weighted by Gasteiger charge is -2.31. The number of benzene rings is 2. The molecule has 2 aliphatic rings. The van der Waals surface area contributed by atoms with Gasteiger partial charge in [0.25, 0.3) is 11.7 Å². The maximum atomic E-state index is 13.1. The van der Waals surface area contributed by atoms with Crippen LogP contribution in [-0.2, 0) is 9.59 Å². The first-order valence-corrected chi connectivity index (χ1v) is 11.3. The lowest BCUT2D eigenvalue weighted by atomic mass is 9.92. The third-order valence-corrected chi connectivity index (χ3v) is 6.76. The number of nitrogens with zero attached hydrogens (tertiary/aromatic N) is 1. The minimum Gasteiger partial charge on any atom is -0.507 e. The Bertz CT molecular complexity index is 986. The molecule has 1 heterocycles. The predicted molar refractivity (Wildman–Crippen MR) is 121 cm³/mol. The van der Waals surface area contributed by atoms with Crippen LogP contribution in [0.1, 0.15) is 68.2 Å². The van der Waals surface area contributed by atoms with Gasteiger partial charge in [0.15, 0.2) is 0 Å². The number of amides is 1. The molecule has 1 amide bonds. The van der Waals surface area contributed by atoms with Gasteiger partial charge in [-0.3, -0.25) is 9.59 Å². The van der Waals surface area contributed by atoms with Gasteiger partial charge in [-0.2, -0.15) is 0 Å². The van der Waals surface area contributed by atoms with Crippen molar-refractivity contribution >= 4 is 33.4 Å². The SMILES string of the molecule is CC(C)c1ccc(C2/C(=C(/O)c3ccc(Br)cc3)C(=O)C(=O)N2C2CCCC2)cc1. The molecule has 1 unspecified atom stereocenters. The number of aliphatic hydroxyl groups is 1. The smallest absolute Gasteiger partial charge is 0.295 e. The van der Waals surface area contributed by atoms with E-state index < -0.39 is 17.7 Å². The first-order valence-electron chi connectivity index (χ1n) is 10.5. The van der Waals surface area contributed by atoms with Crippen molar-refractivity contribution < 1.29 is 14.7 Å². The highest BCUT2D eigenvalue weighted by Gasteiger charge is 2.49. The van der Waals surface area contributed by atoms with E-state index in [1.807, 2.05) is 36.4 Å². The van der Waals surface area contributed by atoms with E-state index in [2.05, 4.69) is 29.8 Å². The third kappa shape index (κ3) is 3.71. The molecule has 1 N–H and O–H groups in total. The van der Waals surface area contributed by atoms with Crippen LogP contribution in [0.4, 0.5) is 0 Å². The summed E-state index contributed by atoms with van der Waals surface area (Å²) in [5.41, 5.74) is 2.78. The van der Waals surface area contributed by atoms with Crippen LogP contribution < -0.4 is 0 Å². The fourth-order valence-corrected chi connectivity index (χ4v) is 4.83. The normalized spacial score (nSPS) is 21.7. The Kier molecular flexibility index (Phi) is 5.83. The van der Waals surface area contributed by atoms with Crippen LogP contribution in [0, 0.1) is 0 Å². The van der Waals surface area contributed by atoms with E-state index in [9.17, 15) is 14.7 Å². The highest BCUT2D eigenvalue weighted by molar-refractivity contribution is 9.10. The van der Waals surface area contributed by atoms with Gasteiger partial charge in [-0.25, -0.2) is 0 Å². The Morgan fingerprint density at radius 3 is 2.17 bits per heavy atom. The van der Waals surface area contributed by atoms with Crippen LogP contribution in [-0.4, -0.2) is 27.7 Å². The van der Waals surface area contributed by atoms with Gasteiger partial charge >= 0.3 is 0 Å². The molecule has 2 aromatic rings. The van der Waals surface area contributed by atoms with E-state index in [-0.39, 0.29) is 17.4 Å². The number of carbonyl (C=O) groups is 2. The zero-order chi connectivity index (χ0) is 21.4. The summed E-state index contributed by atoms with van der Waals surface area (Å²) in [5, 5.41) is 11.1. The van der Waals surface area contributed by atoms with Gasteiger partial charge in [0.1, 0.15) is 5.76 Å². The number of hydrogen-bond acceptors (Lipinski definition) is 3. The number of Topliss-reactive ketones (excluding diaryl/α,β-unsaturated/α-hetero) is 1. The van der Waals surface area contributed by atoms with Gasteiger partial charge in [0, 0.05) is 16.1 Å². The van der Waals surface area contributed by atoms with Crippen molar-refractivity contribution in [2.24, 2.45) is 0 Å². The molecule has 4 rings (SSSR count). The van der Waals surface area contributed by atoms with Crippen molar-refractivity contribution in [1.82, 2.24) is 4.90 Å². The molecular weight excluding hydrogens is 442 g/mol. The van der Waals surface area contributed by atoms with Gasteiger partial charge in [-0.1, -0.05) is 79.0 Å². The second-order valence-electron chi connectivity index (χ2n) is 8.47. The van der Waals surface area contributed by atoms with Crippen molar-refractivity contribution in [2.45, 2.75) is 57.5 Å². The largest absolute Gasteiger partial charge is 0.507 e. The average Bonchev–Trinajstić information content (AvgIpc) is 3.35. The van der Waals surface area contributed by atoms with E-state index in [1.54, 1.807) is 17.0 Å². The predicted octanol–water partition coefficient (Wildman–Crippen LogP) is 5.94. The second kappa shape index (κ2) is 8.38. The molecule has 2 fully saturated rings. The number of halogens is 1. The summed E-state index contributed by atoms with van der Waals surface area (Å²) in [4.78, 5) is 27.9. The number of rotatable bonds is 4. The van der Waals surface area contributed by atoms with Gasteiger partial charge in [-0.05, 0) is 42.0 Å². The Morgan fingerprint density at radius 1 is 1.00 bits per heavy atom. The molecule has 0 radical (unpaired) electrons. The van der Waals surface area contributed by atoms with Gasteiger partial charge in [0.05, 0.1) is 11.6 Å². The molecule has 1 saturated carbocycles. The summed E-state index contributed by atoms with van der Waals surface area (Å²) < 4.78 is 0.881. The summed E-state index contributed by atoms with van der Waals surface area (Å²) in [6.07, 6.45) is 3.90. The third-order valence-electron chi connectivity index (χ3n) is 6.23. The molecule has 1 saturated heterocycles. The van der Waals surface area contributed by atoms with Crippen LogP contribution >= 0.6 is 15.9 Å². The van der Waals surface area contributed by atoms with Gasteiger partial charge in [0.2, 0.25) is 0 Å². The van der Waals surface area contributed by atoms with E-state index in [4.69, 9.17) is 0 Å². The van der Waals surface area contributed by atoms with Gasteiger partial charge in [-0.15, -0.1) is 0 Å². The van der Waals surface area contributed by atoms with Crippen molar-refractivity contribution in [2.75, 3.05) is 0 Å². The first-order chi connectivity index (χ1) is 14.4. The van der Waals surface area contributed by atoms with E-state index in [0.29, 0.717) is 11.5 Å². The fraction of sp³-hybridized carbons (Fsp3) is 0.360. The van der Waals surface area contributed by atoms with E-state index in [0.717, 1.165) is 35.7 Å². The Hall–Kier alpha value is -2.40. The lowest BCUT2D eigenvalue weighted by molar-refractivity contribution is -0.141. The molecule has 1 aliphatic heterocycles. The van der Waals surface area contributed by atoms with Crippen molar-refractivity contribution in [3.05, 3.63) is 75.3 Å². The Balaban J connectivity index is 1.85. The summed E-state index contributed by atoms with van der Waals surface area (Å²) in [7, 11) is 0. The monoisotopic (exact) mass is 467 g/mol. The molecule has 4 nitrogen and oxygen atoms in total. The quantitative estimate of drug-likeness (QED) is 0.344. The number of likely N-dealkylation sites (tertiary alicyclic amines) is 1. The minimum atomic E-state index is -0.597. The molecule has 0 bridgehead atoms. The molecule has 156 valence electrons. The zero-order valence-corrected chi connectivity index (χ0v) is 18.9. The molecule has 5 heteroatoms. The van der Waals surface area contributed by atoms with Crippen LogP contribution in [0.5, 0.6) is 0 Å². The molecular formula is C25H26BrNO3. The average molecular weight is 468 g/mol. The lowest BCUT2D eigenvalue weighted by Crippen LogP contribution is -2.37. The number of aliphatic hydroxyl groups excluding tert-OH is 1. The summed E-state index contributed by atoms with van der Waals surface area (Å²) >= 11 is 3.39. The number of ketones is 1. The molecule has 0 aromatic heterocycles. The van der Waals surface area contributed by atoms with E-state index in [1.165, 1.54) is 5.56 Å². The molecule has 1 aliphatic carbocycles. The van der Waals surface area contributed by atoms with Crippen LogP contribution in [0.15, 0.2) is 58.6 Å². The van der Waals surface area contributed by atoms with Crippen LogP contribution in [0.25, 0.3) is 5.76 Å². The van der Waals surface area contributed by atoms with Crippen LogP contribution in [0.2, 0.25) is 0 Å². The topological polar surface area (TPSA) is 57.6 Å². The van der Waals surface area contributed by atoms with Crippen molar-refractivity contribution in [3.63, 3.8) is 0 Å². The molecule has 1 atom stereocenters. The van der Waals surface area contributed by atoms with Crippen LogP contribution in [0.3, 0.4) is 0 Å².